The lowest BCUT2D eigenvalue weighted by molar-refractivity contribution is -0.199. The standard InChI is InChI=1S/C30H36F3NO2/c1-3-8-22-24-23(17-20-11-6-7-12-21(20)28(24)36)34-26(18-9-4-5-10-18)25(22)27(35)19-13-15-29(2,16-14-19)30(31,32)33/h13-15,18,20-21H,3-12,16-17H2,1-2H3. The molecule has 6 heteroatoms. The first kappa shape index (κ1) is 25.4. The number of carbonyl (C=O) groups excluding carboxylic acids is 2. The summed E-state index contributed by atoms with van der Waals surface area (Å²) in [7, 11) is 0. The molecule has 0 aliphatic heterocycles. The van der Waals surface area contributed by atoms with Crippen molar-refractivity contribution < 1.29 is 22.8 Å². The molecule has 2 fully saturated rings. The molecule has 0 saturated heterocycles. The molecule has 0 amide bonds. The van der Waals surface area contributed by atoms with Crippen molar-refractivity contribution in [3.63, 3.8) is 0 Å². The number of allylic oxidation sites excluding steroid dienone is 4. The van der Waals surface area contributed by atoms with Crippen molar-refractivity contribution in [1.82, 2.24) is 4.98 Å². The normalized spacial score (nSPS) is 28.6. The monoisotopic (exact) mass is 499 g/mol. The quantitative estimate of drug-likeness (QED) is 0.387. The van der Waals surface area contributed by atoms with E-state index in [-0.39, 0.29) is 35.4 Å². The Morgan fingerprint density at radius 2 is 1.81 bits per heavy atom. The van der Waals surface area contributed by atoms with E-state index in [0.29, 0.717) is 23.5 Å². The Kier molecular flexibility index (Phi) is 6.76. The highest BCUT2D eigenvalue weighted by Crippen LogP contribution is 2.47. The van der Waals surface area contributed by atoms with Crippen LogP contribution in [0.5, 0.6) is 0 Å². The number of carbonyl (C=O) groups is 2. The number of fused-ring (bicyclic) bond motifs is 2. The molecule has 3 unspecified atom stereocenters. The Hall–Kier alpha value is -2.24. The largest absolute Gasteiger partial charge is 0.397 e. The van der Waals surface area contributed by atoms with Crippen LogP contribution < -0.4 is 0 Å². The van der Waals surface area contributed by atoms with Crippen molar-refractivity contribution in [2.75, 3.05) is 0 Å². The zero-order valence-corrected chi connectivity index (χ0v) is 21.3. The minimum Gasteiger partial charge on any atom is -0.294 e. The van der Waals surface area contributed by atoms with E-state index >= 15 is 0 Å². The van der Waals surface area contributed by atoms with Crippen LogP contribution in [0.2, 0.25) is 0 Å². The second-order valence-electron chi connectivity index (χ2n) is 11.6. The number of alkyl halides is 3. The molecule has 3 atom stereocenters. The van der Waals surface area contributed by atoms with Gasteiger partial charge in [-0.3, -0.25) is 14.6 Å². The number of pyridine rings is 1. The van der Waals surface area contributed by atoms with Crippen LogP contribution in [0.15, 0.2) is 23.8 Å². The highest BCUT2D eigenvalue weighted by atomic mass is 19.4. The van der Waals surface area contributed by atoms with E-state index in [1.807, 2.05) is 6.92 Å². The zero-order chi connectivity index (χ0) is 25.7. The van der Waals surface area contributed by atoms with E-state index in [9.17, 15) is 22.8 Å². The Balaban J connectivity index is 1.63. The molecule has 2 saturated carbocycles. The van der Waals surface area contributed by atoms with Crippen molar-refractivity contribution in [3.8, 4) is 0 Å². The van der Waals surface area contributed by atoms with Gasteiger partial charge in [0.1, 0.15) is 0 Å². The van der Waals surface area contributed by atoms with Crippen LogP contribution in [0.25, 0.3) is 0 Å². The minimum atomic E-state index is -4.38. The first-order valence-electron chi connectivity index (χ1n) is 13.7. The summed E-state index contributed by atoms with van der Waals surface area (Å²) in [6, 6.07) is 0. The Labute approximate surface area is 211 Å². The predicted molar refractivity (Wildman–Crippen MR) is 133 cm³/mol. The maximum Gasteiger partial charge on any atom is 0.397 e. The fourth-order valence-corrected chi connectivity index (χ4v) is 6.88. The maximum absolute atomic E-state index is 14.1. The first-order chi connectivity index (χ1) is 17.1. The van der Waals surface area contributed by atoms with Crippen LogP contribution >= 0.6 is 0 Å². The molecule has 0 radical (unpaired) electrons. The summed E-state index contributed by atoms with van der Waals surface area (Å²) < 4.78 is 40.7. The molecule has 5 rings (SSSR count). The Morgan fingerprint density at radius 1 is 1.11 bits per heavy atom. The van der Waals surface area contributed by atoms with Gasteiger partial charge in [-0.1, -0.05) is 57.3 Å². The number of rotatable bonds is 5. The molecular formula is C30H36F3NO2. The van der Waals surface area contributed by atoms with Crippen molar-refractivity contribution in [2.24, 2.45) is 17.3 Å². The number of ketones is 2. The molecule has 4 aliphatic carbocycles. The Morgan fingerprint density at radius 3 is 2.44 bits per heavy atom. The number of Topliss-reactive ketones (excluding diaryl/α,β-unsaturated/α-hetero) is 2. The van der Waals surface area contributed by atoms with Crippen molar-refractivity contribution >= 4 is 11.6 Å². The van der Waals surface area contributed by atoms with Gasteiger partial charge < -0.3 is 0 Å². The highest BCUT2D eigenvalue weighted by molar-refractivity contribution is 6.14. The molecule has 0 spiro atoms. The van der Waals surface area contributed by atoms with Gasteiger partial charge in [-0.05, 0) is 63.4 Å². The van der Waals surface area contributed by atoms with Crippen molar-refractivity contribution in [3.05, 3.63) is 51.9 Å². The van der Waals surface area contributed by atoms with Crippen molar-refractivity contribution in [2.45, 2.75) is 103 Å². The van der Waals surface area contributed by atoms with E-state index < -0.39 is 11.6 Å². The summed E-state index contributed by atoms with van der Waals surface area (Å²) in [5, 5.41) is 0. The molecule has 3 nitrogen and oxygen atoms in total. The van der Waals surface area contributed by atoms with Gasteiger partial charge in [0.25, 0.3) is 0 Å². The van der Waals surface area contributed by atoms with Gasteiger partial charge >= 0.3 is 6.18 Å². The summed E-state index contributed by atoms with van der Waals surface area (Å²) in [5.74, 6) is 0.377. The summed E-state index contributed by atoms with van der Waals surface area (Å²) in [4.78, 5) is 33.0. The van der Waals surface area contributed by atoms with Gasteiger partial charge in [0.15, 0.2) is 11.6 Å². The summed E-state index contributed by atoms with van der Waals surface area (Å²) >= 11 is 0. The summed E-state index contributed by atoms with van der Waals surface area (Å²) in [6.07, 6.45) is 9.65. The van der Waals surface area contributed by atoms with E-state index in [2.05, 4.69) is 0 Å². The number of halogens is 3. The van der Waals surface area contributed by atoms with Crippen LogP contribution in [0, 0.1) is 17.3 Å². The van der Waals surface area contributed by atoms with Crippen LogP contribution in [-0.2, 0) is 12.8 Å². The average Bonchev–Trinajstić information content (AvgIpc) is 3.38. The number of hydrogen-bond donors (Lipinski definition) is 0. The molecule has 0 bridgehead atoms. The third-order valence-corrected chi connectivity index (χ3v) is 9.11. The van der Waals surface area contributed by atoms with Crippen molar-refractivity contribution in [1.29, 1.82) is 0 Å². The molecule has 4 aliphatic rings. The topological polar surface area (TPSA) is 47.0 Å². The van der Waals surface area contributed by atoms with Crippen LogP contribution in [-0.4, -0.2) is 22.7 Å². The van der Waals surface area contributed by atoms with E-state index in [4.69, 9.17) is 4.98 Å². The second-order valence-corrected chi connectivity index (χ2v) is 11.6. The van der Waals surface area contributed by atoms with Gasteiger partial charge in [0.2, 0.25) is 0 Å². The number of hydrogen-bond acceptors (Lipinski definition) is 3. The second kappa shape index (κ2) is 9.57. The van der Waals surface area contributed by atoms with Crippen LogP contribution in [0.1, 0.15) is 122 Å². The lowest BCUT2D eigenvalue weighted by atomic mass is 9.67. The fraction of sp³-hybridized carbons (Fsp3) is 0.633. The molecule has 194 valence electrons. The average molecular weight is 500 g/mol. The van der Waals surface area contributed by atoms with Gasteiger partial charge in [0.05, 0.1) is 16.8 Å². The number of nitrogens with zero attached hydrogens (tertiary/aromatic N) is 1. The predicted octanol–water partition coefficient (Wildman–Crippen LogP) is 7.87. The molecule has 1 heterocycles. The molecular weight excluding hydrogens is 463 g/mol. The van der Waals surface area contributed by atoms with E-state index in [0.717, 1.165) is 94.2 Å². The zero-order valence-electron chi connectivity index (χ0n) is 21.3. The van der Waals surface area contributed by atoms with Gasteiger partial charge in [-0.2, -0.15) is 13.2 Å². The van der Waals surface area contributed by atoms with Gasteiger partial charge in [-0.15, -0.1) is 0 Å². The van der Waals surface area contributed by atoms with Crippen LogP contribution in [0.4, 0.5) is 13.2 Å². The van der Waals surface area contributed by atoms with Gasteiger partial charge in [-0.25, -0.2) is 0 Å². The van der Waals surface area contributed by atoms with Crippen LogP contribution in [0.3, 0.4) is 0 Å². The van der Waals surface area contributed by atoms with E-state index in [1.54, 1.807) is 0 Å². The summed E-state index contributed by atoms with van der Waals surface area (Å²) in [6.45, 7) is 3.20. The highest BCUT2D eigenvalue weighted by Gasteiger charge is 2.49. The molecule has 0 N–H and O–H groups in total. The smallest absolute Gasteiger partial charge is 0.294 e. The molecule has 0 aromatic carbocycles. The third kappa shape index (κ3) is 4.28. The lowest BCUT2D eigenvalue weighted by Crippen LogP contribution is -2.37. The Bertz CT molecular complexity index is 1130. The van der Waals surface area contributed by atoms with Gasteiger partial charge in [0, 0.05) is 28.5 Å². The third-order valence-electron chi connectivity index (χ3n) is 9.11. The molecule has 1 aromatic rings. The molecule has 36 heavy (non-hydrogen) atoms. The SMILES string of the molecule is CCCc1c2c(nc(C3CCCC3)c1C(=O)C1=CCC(C)(C(F)(F)F)C=C1)CC1CCCCC1C2=O. The minimum absolute atomic E-state index is 0.00484. The lowest BCUT2D eigenvalue weighted by Gasteiger charge is -2.37. The number of aromatic nitrogens is 1. The molecule has 1 aromatic heterocycles. The summed E-state index contributed by atoms with van der Waals surface area (Å²) in [5.41, 5.74) is 1.94. The fourth-order valence-electron chi connectivity index (χ4n) is 6.88. The first-order valence-corrected chi connectivity index (χ1v) is 13.7. The maximum atomic E-state index is 14.1. The van der Waals surface area contributed by atoms with E-state index in [1.165, 1.54) is 12.2 Å².